The fourth-order valence-corrected chi connectivity index (χ4v) is 3.72. The first-order valence-corrected chi connectivity index (χ1v) is 6.02. The number of hydrogen-bond acceptors (Lipinski definition) is 5. The highest BCUT2D eigenvalue weighted by Crippen LogP contribution is 2.56. The Labute approximate surface area is 97.9 Å². The van der Waals surface area contributed by atoms with Crippen LogP contribution in [0.25, 0.3) is 0 Å². The number of rotatable bonds is 0. The van der Waals surface area contributed by atoms with Gasteiger partial charge in [0.25, 0.3) is 0 Å². The van der Waals surface area contributed by atoms with Gasteiger partial charge in [-0.1, -0.05) is 0 Å². The Balaban J connectivity index is 1.53. The molecular weight excluding hydrogens is 224 g/mol. The summed E-state index contributed by atoms with van der Waals surface area (Å²) >= 11 is 0. The SMILES string of the molecule is C1=C[C@@H]2[C@H](O1)O[C@H]1O[C@@H]3O[C@H]4OC=C[C@H]4[C@@H]3[C@H]12. The zero-order valence-corrected chi connectivity index (χ0v) is 8.97. The van der Waals surface area contributed by atoms with E-state index in [1.165, 1.54) is 0 Å². The van der Waals surface area contributed by atoms with Crippen LogP contribution in [0.3, 0.4) is 0 Å². The lowest BCUT2D eigenvalue weighted by Gasteiger charge is -2.20. The average molecular weight is 236 g/mol. The normalized spacial score (nSPS) is 60.7. The Kier molecular flexibility index (Phi) is 1.51. The van der Waals surface area contributed by atoms with Crippen molar-refractivity contribution in [2.45, 2.75) is 25.2 Å². The van der Waals surface area contributed by atoms with Gasteiger partial charge >= 0.3 is 0 Å². The molecule has 8 atom stereocenters. The molecule has 0 amide bonds. The molecule has 0 aromatic carbocycles. The summed E-state index contributed by atoms with van der Waals surface area (Å²) in [6.07, 6.45) is 6.88. The Morgan fingerprint density at radius 3 is 1.59 bits per heavy atom. The molecule has 0 saturated carbocycles. The van der Waals surface area contributed by atoms with Crippen molar-refractivity contribution < 1.29 is 23.7 Å². The molecule has 0 N–H and O–H groups in total. The topological polar surface area (TPSA) is 46.2 Å². The molecule has 0 radical (unpaired) electrons. The Morgan fingerprint density at radius 1 is 0.588 bits per heavy atom. The van der Waals surface area contributed by atoms with E-state index in [2.05, 4.69) is 12.2 Å². The van der Waals surface area contributed by atoms with Crippen molar-refractivity contribution in [1.29, 1.82) is 0 Å². The second-order valence-electron chi connectivity index (χ2n) is 5.12. The summed E-state index contributed by atoms with van der Waals surface area (Å²) in [5, 5.41) is 0. The third-order valence-corrected chi connectivity index (χ3v) is 4.42. The summed E-state index contributed by atoms with van der Waals surface area (Å²) in [6.45, 7) is 0. The predicted octanol–water partition coefficient (Wildman–Crippen LogP) is 0.934. The van der Waals surface area contributed by atoms with Crippen molar-refractivity contribution in [2.75, 3.05) is 0 Å². The molecule has 5 aliphatic heterocycles. The van der Waals surface area contributed by atoms with Gasteiger partial charge in [0.1, 0.15) is 0 Å². The van der Waals surface area contributed by atoms with Crippen molar-refractivity contribution >= 4 is 0 Å². The highest BCUT2D eigenvalue weighted by molar-refractivity contribution is 5.11. The minimum Gasteiger partial charge on any atom is -0.472 e. The highest BCUT2D eigenvalue weighted by atomic mass is 16.8. The maximum atomic E-state index is 5.81. The van der Waals surface area contributed by atoms with Gasteiger partial charge in [-0.25, -0.2) is 0 Å². The van der Waals surface area contributed by atoms with Crippen LogP contribution in [0.15, 0.2) is 24.7 Å². The quantitative estimate of drug-likeness (QED) is 0.626. The fourth-order valence-electron chi connectivity index (χ4n) is 3.72. The zero-order chi connectivity index (χ0) is 11.0. The number of hydrogen-bond donors (Lipinski definition) is 0. The molecule has 5 nitrogen and oxygen atoms in total. The van der Waals surface area contributed by atoms with Crippen molar-refractivity contribution in [3.8, 4) is 0 Å². The monoisotopic (exact) mass is 236 g/mol. The van der Waals surface area contributed by atoms with E-state index in [1.807, 2.05) is 0 Å². The van der Waals surface area contributed by atoms with E-state index in [0.29, 0.717) is 11.8 Å². The van der Waals surface area contributed by atoms with Crippen LogP contribution < -0.4 is 0 Å². The van der Waals surface area contributed by atoms with Crippen molar-refractivity contribution in [3.05, 3.63) is 24.7 Å². The van der Waals surface area contributed by atoms with E-state index >= 15 is 0 Å². The first-order chi connectivity index (χ1) is 8.42. The summed E-state index contributed by atoms with van der Waals surface area (Å²) < 4.78 is 28.1. The molecule has 0 aromatic heterocycles. The lowest BCUT2D eigenvalue weighted by atomic mass is 9.78. The summed E-state index contributed by atoms with van der Waals surface area (Å²) in [4.78, 5) is 0. The van der Waals surface area contributed by atoms with Crippen LogP contribution >= 0.6 is 0 Å². The lowest BCUT2D eigenvalue weighted by Crippen LogP contribution is -2.28. The average Bonchev–Trinajstić information content (AvgIpc) is 2.95. The smallest absolute Gasteiger partial charge is 0.208 e. The molecule has 0 unspecified atom stereocenters. The van der Waals surface area contributed by atoms with E-state index in [4.69, 9.17) is 23.7 Å². The fraction of sp³-hybridized carbons (Fsp3) is 0.667. The molecule has 3 fully saturated rings. The Bertz CT molecular complexity index is 381. The molecule has 5 aliphatic rings. The lowest BCUT2D eigenvalue weighted by molar-refractivity contribution is -0.254. The molecular formula is C12H12O5. The number of fused-ring (bicyclic) bond motifs is 7. The first-order valence-electron chi connectivity index (χ1n) is 6.02. The summed E-state index contributed by atoms with van der Waals surface area (Å²) in [6, 6.07) is 0. The van der Waals surface area contributed by atoms with E-state index in [-0.39, 0.29) is 37.0 Å². The first kappa shape index (κ1) is 8.97. The van der Waals surface area contributed by atoms with Crippen LogP contribution in [0.4, 0.5) is 0 Å². The molecule has 0 aromatic rings. The third-order valence-electron chi connectivity index (χ3n) is 4.42. The second kappa shape index (κ2) is 2.85. The molecule has 5 rings (SSSR count). The Hall–Kier alpha value is -1.04. The van der Waals surface area contributed by atoms with E-state index in [1.54, 1.807) is 12.5 Å². The highest BCUT2D eigenvalue weighted by Gasteiger charge is 2.64. The maximum absolute atomic E-state index is 5.81. The molecule has 0 bridgehead atoms. The van der Waals surface area contributed by atoms with Gasteiger partial charge in [0.15, 0.2) is 12.6 Å². The van der Waals surface area contributed by atoms with Gasteiger partial charge < -0.3 is 23.7 Å². The molecule has 3 saturated heterocycles. The van der Waals surface area contributed by atoms with Crippen molar-refractivity contribution in [2.24, 2.45) is 23.7 Å². The van der Waals surface area contributed by atoms with Gasteiger partial charge in [0.05, 0.1) is 24.4 Å². The van der Waals surface area contributed by atoms with Crippen LogP contribution in [-0.2, 0) is 23.7 Å². The van der Waals surface area contributed by atoms with Gasteiger partial charge in [-0.3, -0.25) is 0 Å². The predicted molar refractivity (Wildman–Crippen MR) is 52.8 cm³/mol. The minimum absolute atomic E-state index is 0.170. The maximum Gasteiger partial charge on any atom is 0.208 e. The molecule has 5 heteroatoms. The van der Waals surface area contributed by atoms with Crippen molar-refractivity contribution in [3.63, 3.8) is 0 Å². The summed E-state index contributed by atoms with van der Waals surface area (Å²) in [5.41, 5.74) is 0. The van der Waals surface area contributed by atoms with Crippen LogP contribution in [0.2, 0.25) is 0 Å². The molecule has 17 heavy (non-hydrogen) atoms. The largest absolute Gasteiger partial charge is 0.472 e. The van der Waals surface area contributed by atoms with E-state index in [9.17, 15) is 0 Å². The van der Waals surface area contributed by atoms with Gasteiger partial charge in [-0.05, 0) is 12.2 Å². The molecule has 0 spiro atoms. The van der Waals surface area contributed by atoms with Crippen molar-refractivity contribution in [1.82, 2.24) is 0 Å². The second-order valence-corrected chi connectivity index (χ2v) is 5.12. The molecule has 90 valence electrons. The van der Waals surface area contributed by atoms with Crippen LogP contribution in [0.1, 0.15) is 0 Å². The van der Waals surface area contributed by atoms with E-state index in [0.717, 1.165) is 0 Å². The number of ether oxygens (including phenoxy) is 5. The summed E-state index contributed by atoms with van der Waals surface area (Å²) in [7, 11) is 0. The summed E-state index contributed by atoms with van der Waals surface area (Å²) in [5.74, 6) is 1.19. The Morgan fingerprint density at radius 2 is 1.06 bits per heavy atom. The third kappa shape index (κ3) is 0.968. The van der Waals surface area contributed by atoms with Gasteiger partial charge in [-0.15, -0.1) is 0 Å². The molecule has 0 aliphatic carbocycles. The van der Waals surface area contributed by atoms with Gasteiger partial charge in [0.2, 0.25) is 12.6 Å². The molecule has 5 heterocycles. The van der Waals surface area contributed by atoms with Crippen LogP contribution in [-0.4, -0.2) is 25.2 Å². The van der Waals surface area contributed by atoms with Gasteiger partial charge in [0, 0.05) is 11.8 Å². The van der Waals surface area contributed by atoms with Gasteiger partial charge in [-0.2, -0.15) is 0 Å². The van der Waals surface area contributed by atoms with Crippen LogP contribution in [0, 0.1) is 23.7 Å². The van der Waals surface area contributed by atoms with Crippen LogP contribution in [0.5, 0.6) is 0 Å². The minimum atomic E-state index is -0.195. The standard InChI is InChI=1S/C12H12O5/c1-3-13-9-5(1)7-8-6-2-4-14-10(6)16-12(8)17-11(7)15-9/h1-12H/t5-,6-,7+,8+,9+,10+,11-,12-/m0/s1. The zero-order valence-electron chi connectivity index (χ0n) is 8.97. The van der Waals surface area contributed by atoms with E-state index < -0.39 is 0 Å².